The molecule has 8 heteroatoms. The summed E-state index contributed by atoms with van der Waals surface area (Å²) in [6.07, 6.45) is 4.58. The third-order valence-corrected chi connectivity index (χ3v) is 4.42. The number of nitrogens with one attached hydrogen (secondary N) is 2. The molecule has 2 amide bonds. The zero-order chi connectivity index (χ0) is 21.3. The number of alkyl carbamates (subject to hydrolysis) is 1. The van der Waals surface area contributed by atoms with E-state index < -0.39 is 12.1 Å². The standard InChI is InChI=1S/C22H25N5O3/c1-16(2)20(25-22(29)30-15-18-6-4-3-5-7-18)21(28)24-19-10-13-27(26-19)14-17-8-11-23-12-9-17/h3-13,16,20H,14-15H2,1-2H3,(H,25,29)(H,24,26,28)/t20-/m0/s1. The Kier molecular flexibility index (Phi) is 7.15. The second-order valence-electron chi connectivity index (χ2n) is 7.17. The van der Waals surface area contributed by atoms with Crippen LogP contribution in [-0.4, -0.2) is 32.8 Å². The van der Waals surface area contributed by atoms with E-state index in [-0.39, 0.29) is 18.4 Å². The molecular weight excluding hydrogens is 382 g/mol. The van der Waals surface area contributed by atoms with E-state index in [1.165, 1.54) is 0 Å². The molecule has 0 unspecified atom stereocenters. The molecule has 0 radical (unpaired) electrons. The van der Waals surface area contributed by atoms with Crippen molar-refractivity contribution in [2.24, 2.45) is 5.92 Å². The Morgan fingerprint density at radius 1 is 1.03 bits per heavy atom. The molecule has 3 rings (SSSR count). The molecule has 0 saturated heterocycles. The first-order chi connectivity index (χ1) is 14.5. The lowest BCUT2D eigenvalue weighted by molar-refractivity contribution is -0.119. The highest BCUT2D eigenvalue weighted by Gasteiger charge is 2.25. The smallest absolute Gasteiger partial charge is 0.408 e. The van der Waals surface area contributed by atoms with Crippen molar-refractivity contribution in [3.05, 3.63) is 78.2 Å². The number of carbonyl (C=O) groups is 2. The lowest BCUT2D eigenvalue weighted by atomic mass is 10.0. The molecule has 0 aliphatic carbocycles. The summed E-state index contributed by atoms with van der Waals surface area (Å²) < 4.78 is 6.94. The summed E-state index contributed by atoms with van der Waals surface area (Å²) in [7, 11) is 0. The zero-order valence-corrected chi connectivity index (χ0v) is 17.0. The number of pyridine rings is 1. The molecule has 0 aliphatic rings. The highest BCUT2D eigenvalue weighted by Crippen LogP contribution is 2.10. The number of amides is 2. The minimum absolute atomic E-state index is 0.131. The normalized spacial score (nSPS) is 11.7. The number of aromatic nitrogens is 3. The van der Waals surface area contributed by atoms with Gasteiger partial charge in [0.05, 0.1) is 6.54 Å². The fourth-order valence-corrected chi connectivity index (χ4v) is 2.82. The van der Waals surface area contributed by atoms with E-state index in [1.54, 1.807) is 29.3 Å². The van der Waals surface area contributed by atoms with Crippen LogP contribution in [0, 0.1) is 5.92 Å². The maximum atomic E-state index is 12.7. The fraction of sp³-hybridized carbons (Fsp3) is 0.273. The van der Waals surface area contributed by atoms with Crippen molar-refractivity contribution in [2.45, 2.75) is 33.0 Å². The van der Waals surface area contributed by atoms with Crippen molar-refractivity contribution < 1.29 is 14.3 Å². The number of carbonyl (C=O) groups excluding carboxylic acids is 2. The minimum atomic E-state index is -0.751. The van der Waals surface area contributed by atoms with Gasteiger partial charge in [0.1, 0.15) is 12.6 Å². The van der Waals surface area contributed by atoms with Gasteiger partial charge in [0.2, 0.25) is 5.91 Å². The van der Waals surface area contributed by atoms with Crippen molar-refractivity contribution in [1.29, 1.82) is 0 Å². The first kappa shape index (κ1) is 21.0. The second kappa shape index (κ2) is 10.2. The van der Waals surface area contributed by atoms with Crippen LogP contribution in [0.2, 0.25) is 0 Å². The average Bonchev–Trinajstić information content (AvgIpc) is 3.18. The van der Waals surface area contributed by atoms with Gasteiger partial charge < -0.3 is 15.4 Å². The van der Waals surface area contributed by atoms with Gasteiger partial charge in [-0.15, -0.1) is 0 Å². The number of benzene rings is 1. The van der Waals surface area contributed by atoms with Crippen molar-refractivity contribution >= 4 is 17.8 Å². The molecule has 0 spiro atoms. The SMILES string of the molecule is CC(C)[C@H](NC(=O)OCc1ccccc1)C(=O)Nc1ccn(Cc2ccncc2)n1. The molecule has 2 heterocycles. The summed E-state index contributed by atoms with van der Waals surface area (Å²) >= 11 is 0. The minimum Gasteiger partial charge on any atom is -0.445 e. The van der Waals surface area contributed by atoms with Crippen LogP contribution in [0.5, 0.6) is 0 Å². The average molecular weight is 407 g/mol. The van der Waals surface area contributed by atoms with E-state index in [9.17, 15) is 9.59 Å². The second-order valence-corrected chi connectivity index (χ2v) is 7.17. The Labute approximate surface area is 175 Å². The summed E-state index contributed by atoms with van der Waals surface area (Å²) in [4.78, 5) is 28.8. The lowest BCUT2D eigenvalue weighted by Gasteiger charge is -2.20. The molecule has 30 heavy (non-hydrogen) atoms. The summed E-state index contributed by atoms with van der Waals surface area (Å²) in [5, 5.41) is 9.76. The maximum absolute atomic E-state index is 12.7. The van der Waals surface area contributed by atoms with E-state index in [2.05, 4.69) is 20.7 Å². The Morgan fingerprint density at radius 2 is 1.77 bits per heavy atom. The number of ether oxygens (including phenoxy) is 1. The first-order valence-electron chi connectivity index (χ1n) is 9.71. The summed E-state index contributed by atoms with van der Waals surface area (Å²) in [6, 6.07) is 14.1. The van der Waals surface area contributed by atoms with Crippen LogP contribution in [0.3, 0.4) is 0 Å². The number of rotatable bonds is 8. The predicted octanol–water partition coefficient (Wildman–Crippen LogP) is 3.22. The predicted molar refractivity (Wildman–Crippen MR) is 113 cm³/mol. The Bertz CT molecular complexity index is 957. The van der Waals surface area contributed by atoms with Gasteiger partial charge in [-0.3, -0.25) is 14.5 Å². The van der Waals surface area contributed by atoms with Gasteiger partial charge in [-0.05, 0) is 29.2 Å². The topological polar surface area (TPSA) is 98.1 Å². The monoisotopic (exact) mass is 407 g/mol. The molecule has 2 N–H and O–H groups in total. The molecule has 0 bridgehead atoms. The van der Waals surface area contributed by atoms with Gasteiger partial charge in [0.25, 0.3) is 0 Å². The van der Waals surface area contributed by atoms with E-state index in [0.717, 1.165) is 11.1 Å². The summed E-state index contributed by atoms with van der Waals surface area (Å²) in [6.45, 7) is 4.40. The van der Waals surface area contributed by atoms with E-state index in [4.69, 9.17) is 4.74 Å². The first-order valence-corrected chi connectivity index (χ1v) is 9.71. The van der Waals surface area contributed by atoms with E-state index >= 15 is 0 Å². The van der Waals surface area contributed by atoms with Crippen molar-refractivity contribution in [2.75, 3.05) is 5.32 Å². The van der Waals surface area contributed by atoms with Gasteiger partial charge in [-0.2, -0.15) is 5.10 Å². The lowest BCUT2D eigenvalue weighted by Crippen LogP contribution is -2.47. The van der Waals surface area contributed by atoms with Crippen LogP contribution in [0.1, 0.15) is 25.0 Å². The third kappa shape index (κ3) is 6.16. The van der Waals surface area contributed by atoms with E-state index in [0.29, 0.717) is 12.4 Å². The molecular formula is C22H25N5O3. The quantitative estimate of drug-likeness (QED) is 0.597. The molecule has 0 fully saturated rings. The van der Waals surface area contributed by atoms with Gasteiger partial charge in [0.15, 0.2) is 5.82 Å². The zero-order valence-electron chi connectivity index (χ0n) is 17.0. The van der Waals surface area contributed by atoms with Crippen molar-refractivity contribution in [3.8, 4) is 0 Å². The van der Waals surface area contributed by atoms with Crippen LogP contribution >= 0.6 is 0 Å². The summed E-state index contributed by atoms with van der Waals surface area (Å²) in [5.41, 5.74) is 1.92. The maximum Gasteiger partial charge on any atom is 0.408 e. The van der Waals surface area contributed by atoms with Crippen LogP contribution < -0.4 is 10.6 Å². The molecule has 3 aromatic rings. The Balaban J connectivity index is 1.54. The Hall–Kier alpha value is -3.68. The molecule has 2 aromatic heterocycles. The summed E-state index contributed by atoms with van der Waals surface area (Å²) in [5.74, 6) is -0.0665. The number of anilines is 1. The van der Waals surface area contributed by atoms with Gasteiger partial charge in [0, 0.05) is 24.7 Å². The molecule has 1 atom stereocenters. The number of hydrogen-bond acceptors (Lipinski definition) is 5. The van der Waals surface area contributed by atoms with E-state index in [1.807, 2.05) is 56.3 Å². The van der Waals surface area contributed by atoms with Crippen LogP contribution in [0.4, 0.5) is 10.6 Å². The molecule has 0 aliphatic heterocycles. The fourth-order valence-electron chi connectivity index (χ4n) is 2.82. The highest BCUT2D eigenvalue weighted by atomic mass is 16.5. The number of hydrogen-bond donors (Lipinski definition) is 2. The highest BCUT2D eigenvalue weighted by molar-refractivity contribution is 5.96. The molecule has 1 aromatic carbocycles. The van der Waals surface area contributed by atoms with Crippen LogP contribution in [0.15, 0.2) is 67.1 Å². The van der Waals surface area contributed by atoms with Crippen molar-refractivity contribution in [3.63, 3.8) is 0 Å². The van der Waals surface area contributed by atoms with Crippen LogP contribution in [-0.2, 0) is 22.7 Å². The van der Waals surface area contributed by atoms with Crippen molar-refractivity contribution in [1.82, 2.24) is 20.1 Å². The largest absolute Gasteiger partial charge is 0.445 e. The Morgan fingerprint density at radius 3 is 2.47 bits per heavy atom. The third-order valence-electron chi connectivity index (χ3n) is 4.42. The molecule has 156 valence electrons. The molecule has 8 nitrogen and oxygen atoms in total. The van der Waals surface area contributed by atoms with Gasteiger partial charge in [-0.1, -0.05) is 44.2 Å². The molecule has 0 saturated carbocycles. The van der Waals surface area contributed by atoms with Gasteiger partial charge in [-0.25, -0.2) is 4.79 Å². The van der Waals surface area contributed by atoms with Gasteiger partial charge >= 0.3 is 6.09 Å². The van der Waals surface area contributed by atoms with Crippen LogP contribution in [0.25, 0.3) is 0 Å². The number of nitrogens with zero attached hydrogens (tertiary/aromatic N) is 3.